The van der Waals surface area contributed by atoms with Crippen LogP contribution in [-0.2, 0) is 9.59 Å². The third kappa shape index (κ3) is 2.76. The van der Waals surface area contributed by atoms with Crippen molar-refractivity contribution in [2.24, 2.45) is 4.99 Å². The number of allylic oxidation sites excluding steroid dienone is 2. The highest BCUT2D eigenvalue weighted by Gasteiger charge is 2.45. The highest BCUT2D eigenvalue weighted by Crippen LogP contribution is 2.32. The topological polar surface area (TPSA) is 61.8 Å². The second kappa shape index (κ2) is 5.91. The van der Waals surface area contributed by atoms with Crippen LogP contribution in [0.1, 0.15) is 24.5 Å². The zero-order valence-electron chi connectivity index (χ0n) is 13.8. The summed E-state index contributed by atoms with van der Waals surface area (Å²) in [6, 6.07) is 3.75. The van der Waals surface area contributed by atoms with Gasteiger partial charge >= 0.3 is 0 Å². The monoisotopic (exact) mass is 343 g/mol. The SMILES string of the molecule is Cc1cc(C)c(NC(=O)C2(C)CC(=O)N=C3C=CC=CN32)c(Cl)c1. The molecule has 1 aromatic carbocycles. The molecule has 2 amide bonds. The van der Waals surface area contributed by atoms with E-state index in [2.05, 4.69) is 10.3 Å². The van der Waals surface area contributed by atoms with E-state index in [0.717, 1.165) is 11.1 Å². The summed E-state index contributed by atoms with van der Waals surface area (Å²) in [6.45, 7) is 5.56. The van der Waals surface area contributed by atoms with Crippen LogP contribution in [0.2, 0.25) is 5.02 Å². The van der Waals surface area contributed by atoms with E-state index in [1.54, 1.807) is 36.2 Å². The molecule has 124 valence electrons. The van der Waals surface area contributed by atoms with Gasteiger partial charge < -0.3 is 10.2 Å². The van der Waals surface area contributed by atoms with Crippen LogP contribution in [-0.4, -0.2) is 28.1 Å². The number of amidine groups is 1. The molecule has 0 saturated heterocycles. The zero-order chi connectivity index (χ0) is 17.5. The molecule has 24 heavy (non-hydrogen) atoms. The van der Waals surface area contributed by atoms with Crippen LogP contribution in [0.5, 0.6) is 0 Å². The number of anilines is 1. The van der Waals surface area contributed by atoms with E-state index in [4.69, 9.17) is 11.6 Å². The number of benzene rings is 1. The van der Waals surface area contributed by atoms with Crippen LogP contribution in [0.4, 0.5) is 5.69 Å². The number of carbonyl (C=O) groups is 2. The standard InChI is InChI=1S/C18H18ClN3O2/c1-11-8-12(2)16(13(19)9-11)21-17(24)18(3)10-15(23)20-14-6-4-5-7-22(14)18/h4-9H,10H2,1-3H3,(H,21,24). The Morgan fingerprint density at radius 3 is 2.79 bits per heavy atom. The molecule has 1 N–H and O–H groups in total. The van der Waals surface area contributed by atoms with Gasteiger partial charge in [0, 0.05) is 6.20 Å². The predicted octanol–water partition coefficient (Wildman–Crippen LogP) is 3.37. The molecular formula is C18H18ClN3O2. The van der Waals surface area contributed by atoms with E-state index < -0.39 is 5.54 Å². The summed E-state index contributed by atoms with van der Waals surface area (Å²) in [5, 5.41) is 3.37. The maximum absolute atomic E-state index is 13.0. The molecule has 2 aliphatic heterocycles. The van der Waals surface area contributed by atoms with Gasteiger partial charge in [0.2, 0.25) is 0 Å². The maximum Gasteiger partial charge on any atom is 0.250 e. The average molecular weight is 344 g/mol. The number of rotatable bonds is 2. The van der Waals surface area contributed by atoms with Crippen LogP contribution in [0, 0.1) is 13.8 Å². The molecule has 3 rings (SSSR count). The summed E-state index contributed by atoms with van der Waals surface area (Å²) in [7, 11) is 0. The highest BCUT2D eigenvalue weighted by molar-refractivity contribution is 6.34. The first-order valence-corrected chi connectivity index (χ1v) is 8.03. The first-order valence-electron chi connectivity index (χ1n) is 7.65. The van der Waals surface area contributed by atoms with Crippen molar-refractivity contribution >= 4 is 34.9 Å². The molecule has 0 aliphatic carbocycles. The van der Waals surface area contributed by atoms with Gasteiger partial charge in [-0.3, -0.25) is 9.59 Å². The number of aryl methyl sites for hydroxylation is 2. The van der Waals surface area contributed by atoms with E-state index in [9.17, 15) is 9.59 Å². The van der Waals surface area contributed by atoms with Gasteiger partial charge in [-0.2, -0.15) is 4.99 Å². The molecular weight excluding hydrogens is 326 g/mol. The molecule has 0 radical (unpaired) electrons. The van der Waals surface area contributed by atoms with Crippen molar-refractivity contribution in [3.63, 3.8) is 0 Å². The van der Waals surface area contributed by atoms with Crippen LogP contribution < -0.4 is 5.32 Å². The van der Waals surface area contributed by atoms with Crippen molar-refractivity contribution in [3.05, 3.63) is 52.7 Å². The Bertz CT molecular complexity index is 803. The van der Waals surface area contributed by atoms with E-state index in [0.29, 0.717) is 16.5 Å². The molecule has 2 aliphatic rings. The lowest BCUT2D eigenvalue weighted by molar-refractivity contribution is -0.130. The Kier molecular flexibility index (Phi) is 4.05. The number of hydrogen-bond donors (Lipinski definition) is 1. The van der Waals surface area contributed by atoms with Crippen molar-refractivity contribution in [2.45, 2.75) is 32.7 Å². The Labute approximate surface area is 145 Å². The van der Waals surface area contributed by atoms with Crippen LogP contribution in [0.3, 0.4) is 0 Å². The number of carbonyl (C=O) groups excluding carboxylic acids is 2. The van der Waals surface area contributed by atoms with Crippen LogP contribution in [0.15, 0.2) is 41.6 Å². The highest BCUT2D eigenvalue weighted by atomic mass is 35.5. The molecule has 1 unspecified atom stereocenters. The lowest BCUT2D eigenvalue weighted by Crippen LogP contribution is -2.58. The number of nitrogens with zero attached hydrogens (tertiary/aromatic N) is 2. The maximum atomic E-state index is 13.0. The van der Waals surface area contributed by atoms with Crippen LogP contribution in [0.25, 0.3) is 0 Å². The predicted molar refractivity (Wildman–Crippen MR) is 95.1 cm³/mol. The Morgan fingerprint density at radius 1 is 1.33 bits per heavy atom. The van der Waals surface area contributed by atoms with Gasteiger partial charge in [0.15, 0.2) is 0 Å². The average Bonchev–Trinajstić information content (AvgIpc) is 2.50. The lowest BCUT2D eigenvalue weighted by Gasteiger charge is -2.41. The summed E-state index contributed by atoms with van der Waals surface area (Å²) < 4.78 is 0. The van der Waals surface area contributed by atoms with E-state index in [1.165, 1.54) is 0 Å². The molecule has 0 fully saturated rings. The minimum Gasteiger partial charge on any atom is -0.322 e. The second-order valence-electron chi connectivity index (χ2n) is 6.28. The van der Waals surface area contributed by atoms with Gasteiger partial charge in [-0.15, -0.1) is 0 Å². The number of amides is 2. The Hall–Kier alpha value is -2.40. The summed E-state index contributed by atoms with van der Waals surface area (Å²) in [5.74, 6) is -0.138. The first-order chi connectivity index (χ1) is 11.3. The van der Waals surface area contributed by atoms with Gasteiger partial charge in [-0.25, -0.2) is 0 Å². The van der Waals surface area contributed by atoms with Gasteiger partial charge in [0.1, 0.15) is 11.4 Å². The minimum absolute atomic E-state index is 0.00302. The normalized spacial score (nSPS) is 22.2. The van der Waals surface area contributed by atoms with Crippen molar-refractivity contribution < 1.29 is 9.59 Å². The van der Waals surface area contributed by atoms with Gasteiger partial charge in [0.25, 0.3) is 11.8 Å². The number of nitrogens with one attached hydrogen (secondary N) is 1. The molecule has 0 aromatic heterocycles. The fraction of sp³-hybridized carbons (Fsp3) is 0.278. The Morgan fingerprint density at radius 2 is 2.08 bits per heavy atom. The third-order valence-electron chi connectivity index (χ3n) is 4.26. The van der Waals surface area contributed by atoms with Crippen LogP contribution >= 0.6 is 11.6 Å². The molecule has 0 bridgehead atoms. The molecule has 1 aromatic rings. The van der Waals surface area contributed by atoms with Crippen molar-refractivity contribution in [2.75, 3.05) is 5.32 Å². The first kappa shape index (κ1) is 16.5. The molecule has 2 heterocycles. The minimum atomic E-state index is -1.06. The quantitative estimate of drug-likeness (QED) is 0.895. The number of fused-ring (bicyclic) bond motifs is 1. The molecule has 6 heteroatoms. The summed E-state index contributed by atoms with van der Waals surface area (Å²) in [4.78, 5) is 30.7. The van der Waals surface area contributed by atoms with E-state index in [1.807, 2.05) is 26.0 Å². The van der Waals surface area contributed by atoms with Crippen molar-refractivity contribution in [1.82, 2.24) is 4.90 Å². The summed E-state index contributed by atoms with van der Waals surface area (Å²) in [6.07, 6.45) is 7.07. The van der Waals surface area contributed by atoms with Crippen molar-refractivity contribution in [3.8, 4) is 0 Å². The lowest BCUT2D eigenvalue weighted by atomic mass is 9.91. The Balaban J connectivity index is 1.95. The third-order valence-corrected chi connectivity index (χ3v) is 4.56. The van der Waals surface area contributed by atoms with Gasteiger partial charge in [-0.05, 0) is 50.1 Å². The largest absolute Gasteiger partial charge is 0.322 e. The number of hydrogen-bond acceptors (Lipinski definition) is 3. The molecule has 0 saturated carbocycles. The van der Waals surface area contributed by atoms with E-state index >= 15 is 0 Å². The fourth-order valence-corrected chi connectivity index (χ4v) is 3.37. The van der Waals surface area contributed by atoms with Gasteiger partial charge in [0.05, 0.1) is 17.1 Å². The van der Waals surface area contributed by atoms with Gasteiger partial charge in [-0.1, -0.05) is 23.7 Å². The van der Waals surface area contributed by atoms with E-state index in [-0.39, 0.29) is 18.2 Å². The molecule has 5 nitrogen and oxygen atoms in total. The number of aliphatic imine (C=N–C) groups is 1. The molecule has 1 atom stereocenters. The smallest absolute Gasteiger partial charge is 0.250 e. The zero-order valence-corrected chi connectivity index (χ0v) is 14.5. The summed E-state index contributed by atoms with van der Waals surface area (Å²) in [5.41, 5.74) is 1.41. The molecule has 0 spiro atoms. The summed E-state index contributed by atoms with van der Waals surface area (Å²) >= 11 is 6.29. The fourth-order valence-electron chi connectivity index (χ4n) is 3.00. The second-order valence-corrected chi connectivity index (χ2v) is 6.68. The van der Waals surface area contributed by atoms with Crippen molar-refractivity contribution in [1.29, 1.82) is 0 Å². The number of halogens is 1.